The summed E-state index contributed by atoms with van der Waals surface area (Å²) in [7, 11) is 0. The second-order valence-corrected chi connectivity index (χ2v) is 2.22. The Kier molecular flexibility index (Phi) is 5.47. The highest BCUT2D eigenvalue weighted by molar-refractivity contribution is 5.87. The Bertz CT molecular complexity index is 143. The quantitative estimate of drug-likeness (QED) is 0.475. The molecule has 0 unspecified atom stereocenters. The van der Waals surface area contributed by atoms with Gasteiger partial charge in [0.1, 0.15) is 0 Å². The fourth-order valence-electron chi connectivity index (χ4n) is 0.651. The third-order valence-electron chi connectivity index (χ3n) is 1.25. The lowest BCUT2D eigenvalue weighted by Crippen LogP contribution is -2.08. The lowest BCUT2D eigenvalue weighted by atomic mass is 10.2. The van der Waals surface area contributed by atoms with Crippen LogP contribution in [0.15, 0.2) is 12.2 Å². The molecule has 64 valence electrons. The predicted molar refractivity (Wildman–Crippen MR) is 44.1 cm³/mol. The van der Waals surface area contributed by atoms with E-state index in [-0.39, 0.29) is 5.97 Å². The van der Waals surface area contributed by atoms with Gasteiger partial charge >= 0.3 is 5.97 Å². The van der Waals surface area contributed by atoms with E-state index < -0.39 is 0 Å². The molecule has 0 aliphatic heterocycles. The molecule has 0 saturated heterocycles. The van der Waals surface area contributed by atoms with E-state index in [1.807, 2.05) is 0 Å². The summed E-state index contributed by atoms with van der Waals surface area (Å²) in [4.78, 5) is 10.9. The van der Waals surface area contributed by atoms with Crippen LogP contribution < -0.4 is 5.73 Å². The number of hydrogen-bond acceptors (Lipinski definition) is 3. The van der Waals surface area contributed by atoms with Gasteiger partial charge in [0.05, 0.1) is 6.61 Å². The van der Waals surface area contributed by atoms with Gasteiger partial charge in [0.2, 0.25) is 0 Å². The van der Waals surface area contributed by atoms with Crippen LogP contribution in [-0.2, 0) is 9.53 Å². The van der Waals surface area contributed by atoms with Crippen molar-refractivity contribution in [3.8, 4) is 0 Å². The third kappa shape index (κ3) is 4.56. The molecule has 0 spiro atoms. The molecule has 0 aliphatic rings. The molecular weight excluding hydrogens is 142 g/mol. The van der Waals surface area contributed by atoms with Crippen molar-refractivity contribution in [3.05, 3.63) is 12.2 Å². The van der Waals surface area contributed by atoms with Crippen molar-refractivity contribution in [2.45, 2.75) is 19.8 Å². The van der Waals surface area contributed by atoms with E-state index in [1.54, 1.807) is 6.92 Å². The van der Waals surface area contributed by atoms with Crippen molar-refractivity contribution >= 4 is 5.97 Å². The molecule has 0 bridgehead atoms. The summed E-state index contributed by atoms with van der Waals surface area (Å²) < 4.78 is 4.72. The van der Waals surface area contributed by atoms with Gasteiger partial charge in [-0.1, -0.05) is 6.58 Å². The minimum Gasteiger partial charge on any atom is -0.463 e. The Balaban J connectivity index is 3.56. The maximum atomic E-state index is 10.9. The molecule has 0 saturated carbocycles. The average Bonchev–Trinajstić information content (AvgIpc) is 2.00. The number of carbonyl (C=O) groups is 1. The van der Waals surface area contributed by atoms with E-state index in [0.717, 1.165) is 6.42 Å². The van der Waals surface area contributed by atoms with E-state index in [0.29, 0.717) is 25.1 Å². The lowest BCUT2D eigenvalue weighted by molar-refractivity contribution is -0.138. The number of esters is 1. The van der Waals surface area contributed by atoms with Crippen LogP contribution in [0.4, 0.5) is 0 Å². The van der Waals surface area contributed by atoms with Gasteiger partial charge in [-0.05, 0) is 26.3 Å². The zero-order chi connectivity index (χ0) is 8.69. The maximum Gasteiger partial charge on any atom is 0.333 e. The Morgan fingerprint density at radius 2 is 2.27 bits per heavy atom. The smallest absolute Gasteiger partial charge is 0.333 e. The first kappa shape index (κ1) is 10.2. The molecule has 0 atom stereocenters. The molecule has 0 heterocycles. The van der Waals surface area contributed by atoms with Gasteiger partial charge in [0.25, 0.3) is 0 Å². The zero-order valence-corrected chi connectivity index (χ0v) is 6.93. The summed E-state index contributed by atoms with van der Waals surface area (Å²) in [5, 5.41) is 0. The van der Waals surface area contributed by atoms with Crippen LogP contribution in [0.5, 0.6) is 0 Å². The van der Waals surface area contributed by atoms with Crippen LogP contribution in [0.25, 0.3) is 0 Å². The number of ether oxygens (including phenoxy) is 1. The van der Waals surface area contributed by atoms with Crippen molar-refractivity contribution in [2.75, 3.05) is 13.2 Å². The number of rotatable bonds is 5. The first-order valence-corrected chi connectivity index (χ1v) is 3.77. The highest BCUT2D eigenvalue weighted by atomic mass is 16.5. The first-order valence-electron chi connectivity index (χ1n) is 3.77. The Morgan fingerprint density at radius 3 is 2.73 bits per heavy atom. The molecule has 0 amide bonds. The van der Waals surface area contributed by atoms with Gasteiger partial charge in [-0.2, -0.15) is 0 Å². The second-order valence-electron chi connectivity index (χ2n) is 2.22. The molecule has 0 aromatic rings. The van der Waals surface area contributed by atoms with Gasteiger partial charge in [-0.25, -0.2) is 4.79 Å². The normalized spacial score (nSPS) is 9.27. The van der Waals surface area contributed by atoms with E-state index >= 15 is 0 Å². The van der Waals surface area contributed by atoms with Crippen LogP contribution in [0.1, 0.15) is 19.8 Å². The Morgan fingerprint density at radius 1 is 1.64 bits per heavy atom. The molecule has 3 heteroatoms. The van der Waals surface area contributed by atoms with Crippen molar-refractivity contribution in [2.24, 2.45) is 5.73 Å². The zero-order valence-electron chi connectivity index (χ0n) is 6.93. The summed E-state index contributed by atoms with van der Waals surface area (Å²) in [6, 6.07) is 0. The molecule has 2 N–H and O–H groups in total. The van der Waals surface area contributed by atoms with Gasteiger partial charge in [0, 0.05) is 5.57 Å². The maximum absolute atomic E-state index is 10.9. The standard InChI is InChI=1S/C8H15NO2/c1-3-11-8(10)7(2)5-4-6-9/h2-6,9H2,1H3. The molecule has 0 radical (unpaired) electrons. The number of carbonyl (C=O) groups excluding carboxylic acids is 1. The first-order chi connectivity index (χ1) is 5.22. The monoisotopic (exact) mass is 157 g/mol. The van der Waals surface area contributed by atoms with Crippen molar-refractivity contribution in [3.63, 3.8) is 0 Å². The van der Waals surface area contributed by atoms with E-state index in [1.165, 1.54) is 0 Å². The summed E-state index contributed by atoms with van der Waals surface area (Å²) in [6.07, 6.45) is 1.42. The molecule has 0 aromatic heterocycles. The average molecular weight is 157 g/mol. The van der Waals surface area contributed by atoms with Gasteiger partial charge in [-0.15, -0.1) is 0 Å². The van der Waals surface area contributed by atoms with Crippen molar-refractivity contribution in [1.82, 2.24) is 0 Å². The number of hydrogen-bond donors (Lipinski definition) is 1. The summed E-state index contributed by atoms with van der Waals surface area (Å²) in [5.41, 5.74) is 5.77. The number of nitrogens with two attached hydrogens (primary N) is 1. The molecule has 0 aliphatic carbocycles. The van der Waals surface area contributed by atoms with Crippen LogP contribution >= 0.6 is 0 Å². The summed E-state index contributed by atoms with van der Waals surface area (Å²) in [5.74, 6) is -0.305. The minimum absolute atomic E-state index is 0.305. The van der Waals surface area contributed by atoms with Crippen molar-refractivity contribution in [1.29, 1.82) is 0 Å². The van der Waals surface area contributed by atoms with Crippen LogP contribution in [-0.4, -0.2) is 19.1 Å². The topological polar surface area (TPSA) is 52.3 Å². The predicted octanol–water partition coefficient (Wildman–Crippen LogP) is 0.845. The molecular formula is C8H15NO2. The third-order valence-corrected chi connectivity index (χ3v) is 1.25. The fourth-order valence-corrected chi connectivity index (χ4v) is 0.651. The molecule has 3 nitrogen and oxygen atoms in total. The van der Waals surface area contributed by atoms with E-state index in [2.05, 4.69) is 6.58 Å². The lowest BCUT2D eigenvalue weighted by Gasteiger charge is -2.02. The van der Waals surface area contributed by atoms with E-state index in [9.17, 15) is 4.79 Å². The molecule has 0 rings (SSSR count). The summed E-state index contributed by atoms with van der Waals surface area (Å²) >= 11 is 0. The van der Waals surface area contributed by atoms with Crippen LogP contribution in [0, 0.1) is 0 Å². The molecule has 0 fully saturated rings. The van der Waals surface area contributed by atoms with Gasteiger partial charge < -0.3 is 10.5 Å². The SMILES string of the molecule is C=C(CCCN)C(=O)OCC. The summed E-state index contributed by atoms with van der Waals surface area (Å²) in [6.45, 7) is 6.34. The molecule has 11 heavy (non-hydrogen) atoms. The Hall–Kier alpha value is -0.830. The highest BCUT2D eigenvalue weighted by Crippen LogP contribution is 2.02. The largest absolute Gasteiger partial charge is 0.463 e. The molecule has 0 aromatic carbocycles. The van der Waals surface area contributed by atoms with Crippen LogP contribution in [0.2, 0.25) is 0 Å². The fraction of sp³-hybridized carbons (Fsp3) is 0.625. The van der Waals surface area contributed by atoms with Gasteiger partial charge in [0.15, 0.2) is 0 Å². The highest BCUT2D eigenvalue weighted by Gasteiger charge is 2.05. The van der Waals surface area contributed by atoms with E-state index in [4.69, 9.17) is 10.5 Å². The van der Waals surface area contributed by atoms with Gasteiger partial charge in [-0.3, -0.25) is 0 Å². The Labute approximate surface area is 67.2 Å². The van der Waals surface area contributed by atoms with Crippen molar-refractivity contribution < 1.29 is 9.53 Å². The van der Waals surface area contributed by atoms with Crippen LogP contribution in [0.3, 0.4) is 0 Å². The minimum atomic E-state index is -0.305. The second kappa shape index (κ2) is 5.92.